The molecule has 0 aliphatic heterocycles. The zero-order valence-electron chi connectivity index (χ0n) is 16.5. The molecular weight excluding hydrogens is 523 g/mol. The predicted molar refractivity (Wildman–Crippen MR) is 128 cm³/mol. The van der Waals surface area contributed by atoms with Crippen LogP contribution in [0.3, 0.4) is 0 Å². The molecule has 3 aromatic rings. The van der Waals surface area contributed by atoms with Gasteiger partial charge in [-0.15, -0.1) is 0 Å². The highest BCUT2D eigenvalue weighted by Crippen LogP contribution is 2.26. The molecule has 1 amide bonds. The molecular formula is C22H19BrCl2N2O3S. The summed E-state index contributed by atoms with van der Waals surface area (Å²) in [5.74, 6) is -0.378. The van der Waals surface area contributed by atoms with Gasteiger partial charge in [0.15, 0.2) is 0 Å². The minimum atomic E-state index is -3.98. The Balaban J connectivity index is 1.95. The monoisotopic (exact) mass is 540 g/mol. The van der Waals surface area contributed by atoms with E-state index in [2.05, 4.69) is 15.9 Å². The SMILES string of the molecule is CN(C(=O)CN(Cc1ccc(Cl)cc1Cl)S(=O)(=O)c1ccc(Br)cc1)c1ccccc1. The van der Waals surface area contributed by atoms with Crippen LogP contribution in [0.1, 0.15) is 5.56 Å². The molecule has 3 rings (SSSR count). The van der Waals surface area contributed by atoms with Crippen molar-refractivity contribution in [3.63, 3.8) is 0 Å². The predicted octanol–water partition coefficient (Wildman–Crippen LogP) is 5.61. The van der Waals surface area contributed by atoms with Gasteiger partial charge in [0.25, 0.3) is 0 Å². The highest BCUT2D eigenvalue weighted by atomic mass is 79.9. The van der Waals surface area contributed by atoms with Crippen LogP contribution in [-0.4, -0.2) is 32.2 Å². The lowest BCUT2D eigenvalue weighted by Gasteiger charge is -2.25. The number of sulfonamides is 1. The number of nitrogens with zero attached hydrogens (tertiary/aromatic N) is 2. The Morgan fingerprint density at radius 1 is 0.968 bits per heavy atom. The second-order valence-corrected chi connectivity index (χ2v) is 10.4. The molecule has 3 aromatic carbocycles. The van der Waals surface area contributed by atoms with E-state index in [9.17, 15) is 13.2 Å². The molecule has 162 valence electrons. The molecule has 0 spiro atoms. The van der Waals surface area contributed by atoms with Gasteiger partial charge in [-0.05, 0) is 54.1 Å². The molecule has 0 bridgehead atoms. The first-order valence-electron chi connectivity index (χ1n) is 9.20. The summed E-state index contributed by atoms with van der Waals surface area (Å²) in [5.41, 5.74) is 1.21. The topological polar surface area (TPSA) is 57.7 Å². The van der Waals surface area contributed by atoms with Gasteiger partial charge in [-0.3, -0.25) is 4.79 Å². The summed E-state index contributed by atoms with van der Waals surface area (Å²) in [6.07, 6.45) is 0. The average molecular weight is 542 g/mol. The first-order chi connectivity index (χ1) is 14.7. The van der Waals surface area contributed by atoms with E-state index in [1.54, 1.807) is 49.5 Å². The Hall–Kier alpha value is -1.90. The lowest BCUT2D eigenvalue weighted by Crippen LogP contribution is -2.41. The van der Waals surface area contributed by atoms with Crippen molar-refractivity contribution in [1.82, 2.24) is 4.31 Å². The molecule has 0 radical (unpaired) electrons. The average Bonchev–Trinajstić information content (AvgIpc) is 2.75. The number of amides is 1. The second-order valence-electron chi connectivity index (χ2n) is 6.75. The third kappa shape index (κ3) is 5.87. The fourth-order valence-electron chi connectivity index (χ4n) is 2.87. The van der Waals surface area contributed by atoms with Crippen molar-refractivity contribution in [2.75, 3.05) is 18.5 Å². The second kappa shape index (κ2) is 10.1. The van der Waals surface area contributed by atoms with Crippen LogP contribution >= 0.6 is 39.1 Å². The highest BCUT2D eigenvalue weighted by molar-refractivity contribution is 9.10. The number of para-hydroxylation sites is 1. The van der Waals surface area contributed by atoms with Gasteiger partial charge in [0.05, 0.1) is 11.4 Å². The summed E-state index contributed by atoms with van der Waals surface area (Å²) in [5, 5.41) is 0.767. The number of anilines is 1. The Morgan fingerprint density at radius 2 is 1.61 bits per heavy atom. The summed E-state index contributed by atoms with van der Waals surface area (Å²) in [4.78, 5) is 14.5. The number of carbonyl (C=O) groups excluding carboxylic acids is 1. The first-order valence-corrected chi connectivity index (χ1v) is 12.2. The lowest BCUT2D eigenvalue weighted by atomic mass is 10.2. The standard InChI is InChI=1S/C22H19BrCl2N2O3S/c1-26(19-5-3-2-4-6-19)22(28)15-27(14-16-7-10-18(24)13-21(16)25)31(29,30)20-11-8-17(23)9-12-20/h2-13H,14-15H2,1H3. The van der Waals surface area contributed by atoms with Crippen LogP contribution in [0.5, 0.6) is 0 Å². The fourth-order valence-corrected chi connectivity index (χ4v) is 4.97. The molecule has 0 saturated carbocycles. The Morgan fingerprint density at radius 3 is 2.23 bits per heavy atom. The number of benzene rings is 3. The summed E-state index contributed by atoms with van der Waals surface area (Å²) < 4.78 is 28.7. The van der Waals surface area contributed by atoms with Gasteiger partial charge in [-0.2, -0.15) is 4.31 Å². The van der Waals surface area contributed by atoms with E-state index in [1.807, 2.05) is 18.2 Å². The minimum absolute atomic E-state index is 0.0796. The van der Waals surface area contributed by atoms with Gasteiger partial charge in [-0.25, -0.2) is 8.42 Å². The van der Waals surface area contributed by atoms with Gasteiger partial charge in [0.2, 0.25) is 15.9 Å². The molecule has 5 nitrogen and oxygen atoms in total. The van der Waals surface area contributed by atoms with Crippen LogP contribution < -0.4 is 4.90 Å². The zero-order chi connectivity index (χ0) is 22.6. The number of carbonyl (C=O) groups is 1. The first kappa shape index (κ1) is 23.8. The molecule has 0 unspecified atom stereocenters. The van der Waals surface area contributed by atoms with E-state index in [0.29, 0.717) is 21.3 Å². The van der Waals surface area contributed by atoms with Crippen molar-refractivity contribution in [2.24, 2.45) is 0 Å². The van der Waals surface area contributed by atoms with Crippen LogP contribution in [0.2, 0.25) is 10.0 Å². The van der Waals surface area contributed by atoms with Crippen molar-refractivity contribution in [1.29, 1.82) is 0 Å². The molecule has 0 saturated heterocycles. The number of halogens is 3. The maximum atomic E-state index is 13.4. The van der Waals surface area contributed by atoms with Crippen molar-refractivity contribution < 1.29 is 13.2 Å². The Kier molecular flexibility index (Phi) is 7.78. The molecule has 31 heavy (non-hydrogen) atoms. The van der Waals surface area contributed by atoms with E-state index in [-0.39, 0.29) is 23.9 Å². The molecule has 0 fully saturated rings. The van der Waals surface area contributed by atoms with Gasteiger partial charge in [-0.1, -0.05) is 63.4 Å². The molecule has 0 heterocycles. The van der Waals surface area contributed by atoms with Crippen molar-refractivity contribution >= 4 is 60.7 Å². The quantitative estimate of drug-likeness (QED) is 0.390. The van der Waals surface area contributed by atoms with Gasteiger partial charge in [0.1, 0.15) is 0 Å². The normalized spacial score (nSPS) is 11.5. The molecule has 0 N–H and O–H groups in total. The van der Waals surface area contributed by atoms with Gasteiger partial charge < -0.3 is 4.90 Å². The van der Waals surface area contributed by atoms with Crippen LogP contribution in [0.25, 0.3) is 0 Å². The number of hydrogen-bond acceptors (Lipinski definition) is 3. The van der Waals surface area contributed by atoms with Crippen LogP contribution in [-0.2, 0) is 21.4 Å². The number of hydrogen-bond donors (Lipinski definition) is 0. The van der Waals surface area contributed by atoms with Crippen molar-refractivity contribution in [2.45, 2.75) is 11.4 Å². The Bertz CT molecular complexity index is 1170. The van der Waals surface area contributed by atoms with Crippen LogP contribution in [0.15, 0.2) is 82.2 Å². The van der Waals surface area contributed by atoms with Crippen LogP contribution in [0, 0.1) is 0 Å². The fraction of sp³-hybridized carbons (Fsp3) is 0.136. The molecule has 0 aromatic heterocycles. The van der Waals surface area contributed by atoms with E-state index >= 15 is 0 Å². The number of rotatable bonds is 7. The molecule has 9 heteroatoms. The minimum Gasteiger partial charge on any atom is -0.314 e. The zero-order valence-corrected chi connectivity index (χ0v) is 20.4. The summed E-state index contributed by atoms with van der Waals surface area (Å²) in [7, 11) is -2.37. The van der Waals surface area contributed by atoms with Crippen molar-refractivity contribution in [3.05, 3.63) is 92.9 Å². The molecule has 0 aliphatic rings. The summed E-state index contributed by atoms with van der Waals surface area (Å²) >= 11 is 15.5. The van der Waals surface area contributed by atoms with Crippen LogP contribution in [0.4, 0.5) is 5.69 Å². The maximum absolute atomic E-state index is 13.4. The summed E-state index contributed by atoms with van der Waals surface area (Å²) in [6.45, 7) is -0.439. The van der Waals surface area contributed by atoms with E-state index < -0.39 is 10.0 Å². The Labute approximate surface area is 200 Å². The van der Waals surface area contributed by atoms with Gasteiger partial charge >= 0.3 is 0 Å². The molecule has 0 aliphatic carbocycles. The lowest BCUT2D eigenvalue weighted by molar-refractivity contribution is -0.118. The highest BCUT2D eigenvalue weighted by Gasteiger charge is 2.29. The smallest absolute Gasteiger partial charge is 0.243 e. The third-order valence-electron chi connectivity index (χ3n) is 4.64. The largest absolute Gasteiger partial charge is 0.314 e. The van der Waals surface area contributed by atoms with Crippen molar-refractivity contribution in [3.8, 4) is 0 Å². The number of likely N-dealkylation sites (N-methyl/N-ethyl adjacent to an activating group) is 1. The van der Waals surface area contributed by atoms with Gasteiger partial charge in [0, 0.05) is 33.8 Å². The van der Waals surface area contributed by atoms with E-state index in [4.69, 9.17) is 23.2 Å². The van der Waals surface area contributed by atoms with E-state index in [0.717, 1.165) is 8.78 Å². The third-order valence-corrected chi connectivity index (χ3v) is 7.56. The van der Waals surface area contributed by atoms with E-state index in [1.165, 1.54) is 17.0 Å². The summed E-state index contributed by atoms with van der Waals surface area (Å²) in [6, 6.07) is 20.1. The molecule has 0 atom stereocenters. The maximum Gasteiger partial charge on any atom is 0.243 e.